The summed E-state index contributed by atoms with van der Waals surface area (Å²) in [5.41, 5.74) is 11.1. The molecule has 0 atom stereocenters. The summed E-state index contributed by atoms with van der Waals surface area (Å²) < 4.78 is 22.8. The summed E-state index contributed by atoms with van der Waals surface area (Å²) in [5, 5.41) is 3.50. The van der Waals surface area contributed by atoms with Gasteiger partial charge in [-0.1, -0.05) is 32.0 Å². The molecule has 9 nitrogen and oxygen atoms in total. The zero-order chi connectivity index (χ0) is 27.0. The molecular formula is C28H26FN7O2. The lowest BCUT2D eigenvalue weighted by Crippen LogP contribution is -2.17. The Morgan fingerprint density at radius 3 is 2.47 bits per heavy atom. The minimum absolute atomic E-state index is 0.00407. The Kier molecular flexibility index (Phi) is 6.46. The molecule has 0 radical (unpaired) electrons. The molecule has 0 fully saturated rings. The van der Waals surface area contributed by atoms with E-state index in [0.717, 1.165) is 11.3 Å². The monoisotopic (exact) mass is 511 g/mol. The summed E-state index contributed by atoms with van der Waals surface area (Å²) in [7, 11) is 1.87. The summed E-state index contributed by atoms with van der Waals surface area (Å²) in [4.78, 5) is 28.9. The van der Waals surface area contributed by atoms with Crippen molar-refractivity contribution in [1.82, 2.24) is 24.5 Å². The topological polar surface area (TPSA) is 121 Å². The van der Waals surface area contributed by atoms with Gasteiger partial charge in [0.1, 0.15) is 17.8 Å². The third kappa shape index (κ3) is 4.63. The highest BCUT2D eigenvalue weighted by molar-refractivity contribution is 6.07. The molecule has 0 aliphatic rings. The lowest BCUT2D eigenvalue weighted by molar-refractivity contribution is -0.118. The summed E-state index contributed by atoms with van der Waals surface area (Å²) >= 11 is 0. The zero-order valence-corrected chi connectivity index (χ0v) is 21.4. The molecule has 0 spiro atoms. The molecule has 0 saturated carbocycles. The van der Waals surface area contributed by atoms with Gasteiger partial charge in [0, 0.05) is 36.1 Å². The highest BCUT2D eigenvalue weighted by Crippen LogP contribution is 2.42. The smallest absolute Gasteiger partial charge is 0.322 e. The second-order valence-electron chi connectivity index (χ2n) is 9.19. The average Bonchev–Trinajstić information content (AvgIpc) is 3.19. The molecule has 0 unspecified atom stereocenters. The van der Waals surface area contributed by atoms with E-state index in [1.165, 1.54) is 18.5 Å². The summed E-state index contributed by atoms with van der Waals surface area (Å²) in [5.74, 6) is -0.518. The van der Waals surface area contributed by atoms with Crippen molar-refractivity contribution < 1.29 is 13.9 Å². The molecule has 10 heteroatoms. The number of carbonyl (C=O) groups excluding carboxylic acids is 1. The molecule has 5 rings (SSSR count). The van der Waals surface area contributed by atoms with E-state index in [9.17, 15) is 4.79 Å². The standard InChI is InChI=1S/C28H26FN7O2/c1-15(2)27(37)35-19-8-5-17(6-9-19)24-22(23-25(30)32-14-33-26(23)36(24)4)18-7-10-21(20(29)13-18)38-28-31-12-11-16(3)34-28/h5-15H,1-4H3,(H,35,37)(H2,30,32,33). The number of rotatable bonds is 6. The van der Waals surface area contributed by atoms with Gasteiger partial charge in [0.2, 0.25) is 5.91 Å². The molecular weight excluding hydrogens is 485 g/mol. The van der Waals surface area contributed by atoms with Crippen LogP contribution in [0.25, 0.3) is 33.4 Å². The van der Waals surface area contributed by atoms with Crippen LogP contribution in [0, 0.1) is 18.7 Å². The summed E-state index contributed by atoms with van der Waals surface area (Å²) in [6, 6.07) is 13.9. The number of carbonyl (C=O) groups is 1. The van der Waals surface area contributed by atoms with Gasteiger partial charge in [-0.05, 0) is 48.4 Å². The van der Waals surface area contributed by atoms with Gasteiger partial charge < -0.3 is 20.4 Å². The molecule has 1 amide bonds. The van der Waals surface area contributed by atoms with Gasteiger partial charge in [-0.25, -0.2) is 24.3 Å². The number of aromatic nitrogens is 5. The fourth-order valence-corrected chi connectivity index (χ4v) is 4.21. The number of nitrogen functional groups attached to an aromatic ring is 1. The van der Waals surface area contributed by atoms with Gasteiger partial charge in [-0.15, -0.1) is 0 Å². The van der Waals surface area contributed by atoms with Gasteiger partial charge in [0.05, 0.1) is 11.1 Å². The van der Waals surface area contributed by atoms with Crippen molar-refractivity contribution >= 4 is 28.4 Å². The van der Waals surface area contributed by atoms with Gasteiger partial charge in [-0.3, -0.25) is 4.79 Å². The third-order valence-electron chi connectivity index (χ3n) is 6.14. The third-order valence-corrected chi connectivity index (χ3v) is 6.14. The summed E-state index contributed by atoms with van der Waals surface area (Å²) in [6.45, 7) is 5.47. The zero-order valence-electron chi connectivity index (χ0n) is 21.4. The molecule has 2 aromatic carbocycles. The lowest BCUT2D eigenvalue weighted by Gasteiger charge is -2.12. The van der Waals surface area contributed by atoms with E-state index in [-0.39, 0.29) is 29.4 Å². The van der Waals surface area contributed by atoms with E-state index in [1.54, 1.807) is 25.3 Å². The minimum atomic E-state index is -0.585. The molecule has 192 valence electrons. The number of ether oxygens (including phenoxy) is 1. The Morgan fingerprint density at radius 2 is 1.79 bits per heavy atom. The van der Waals surface area contributed by atoms with Crippen molar-refractivity contribution in [3.05, 3.63) is 72.6 Å². The number of fused-ring (bicyclic) bond motifs is 1. The van der Waals surface area contributed by atoms with Crippen LogP contribution in [0.3, 0.4) is 0 Å². The quantitative estimate of drug-likeness (QED) is 0.308. The molecule has 0 aliphatic heterocycles. The number of nitrogens with zero attached hydrogens (tertiary/aromatic N) is 5. The van der Waals surface area contributed by atoms with E-state index < -0.39 is 5.82 Å². The van der Waals surface area contributed by atoms with Crippen molar-refractivity contribution in [3.63, 3.8) is 0 Å². The van der Waals surface area contributed by atoms with Crippen LogP contribution < -0.4 is 15.8 Å². The maximum Gasteiger partial charge on any atom is 0.322 e. The molecule has 0 saturated heterocycles. The van der Waals surface area contributed by atoms with E-state index in [1.807, 2.05) is 49.7 Å². The minimum Gasteiger partial charge on any atom is -0.421 e. The number of amides is 1. The van der Waals surface area contributed by atoms with Crippen molar-refractivity contribution in [3.8, 4) is 34.1 Å². The lowest BCUT2D eigenvalue weighted by atomic mass is 9.98. The van der Waals surface area contributed by atoms with Crippen LogP contribution in [-0.2, 0) is 11.8 Å². The molecule has 5 aromatic rings. The fraction of sp³-hybridized carbons (Fsp3) is 0.179. The first-order valence-corrected chi connectivity index (χ1v) is 12.0. The number of aryl methyl sites for hydroxylation is 2. The molecule has 3 heterocycles. The van der Waals surface area contributed by atoms with Gasteiger partial charge in [0.15, 0.2) is 11.6 Å². The van der Waals surface area contributed by atoms with Gasteiger partial charge in [-0.2, -0.15) is 0 Å². The van der Waals surface area contributed by atoms with Crippen molar-refractivity contribution in [2.75, 3.05) is 11.1 Å². The summed E-state index contributed by atoms with van der Waals surface area (Å²) in [6.07, 6.45) is 2.95. The Balaban J connectivity index is 1.61. The van der Waals surface area contributed by atoms with E-state index in [2.05, 4.69) is 25.3 Å². The molecule has 3 aromatic heterocycles. The molecule has 3 N–H and O–H groups in total. The van der Waals surface area contributed by atoms with Crippen LogP contribution in [-0.4, -0.2) is 30.4 Å². The Bertz CT molecular complexity index is 1660. The highest BCUT2D eigenvalue weighted by Gasteiger charge is 2.23. The molecule has 0 aliphatic carbocycles. The number of hydrogen-bond acceptors (Lipinski definition) is 7. The van der Waals surface area contributed by atoms with E-state index in [0.29, 0.717) is 33.5 Å². The molecule has 0 bridgehead atoms. The Morgan fingerprint density at radius 1 is 1.05 bits per heavy atom. The number of benzene rings is 2. The van der Waals surface area contributed by atoms with Crippen LogP contribution in [0.4, 0.5) is 15.9 Å². The van der Waals surface area contributed by atoms with Gasteiger partial charge >= 0.3 is 6.01 Å². The number of nitrogens with one attached hydrogen (secondary N) is 1. The predicted octanol–water partition coefficient (Wildman–Crippen LogP) is 5.51. The first kappa shape index (κ1) is 24.8. The highest BCUT2D eigenvalue weighted by atomic mass is 19.1. The van der Waals surface area contributed by atoms with Crippen LogP contribution in [0.5, 0.6) is 11.8 Å². The van der Waals surface area contributed by atoms with Gasteiger partial charge in [0.25, 0.3) is 0 Å². The van der Waals surface area contributed by atoms with Crippen molar-refractivity contribution in [2.45, 2.75) is 20.8 Å². The second-order valence-corrected chi connectivity index (χ2v) is 9.19. The van der Waals surface area contributed by atoms with Crippen molar-refractivity contribution in [2.24, 2.45) is 13.0 Å². The Labute approximate surface area is 218 Å². The average molecular weight is 512 g/mol. The first-order chi connectivity index (χ1) is 18.2. The van der Waals surface area contributed by atoms with Crippen LogP contribution in [0.15, 0.2) is 61.1 Å². The maximum atomic E-state index is 15.3. The van der Waals surface area contributed by atoms with E-state index >= 15 is 4.39 Å². The Hall–Kier alpha value is -4.86. The fourth-order valence-electron chi connectivity index (χ4n) is 4.21. The normalized spacial score (nSPS) is 11.2. The number of halogens is 1. The van der Waals surface area contributed by atoms with Crippen molar-refractivity contribution in [1.29, 1.82) is 0 Å². The predicted molar refractivity (Wildman–Crippen MR) is 144 cm³/mol. The van der Waals surface area contributed by atoms with E-state index in [4.69, 9.17) is 10.5 Å². The van der Waals surface area contributed by atoms with Crippen LogP contribution in [0.2, 0.25) is 0 Å². The maximum absolute atomic E-state index is 15.3. The number of nitrogens with two attached hydrogens (primary N) is 1. The van der Waals surface area contributed by atoms with Crippen LogP contribution in [0.1, 0.15) is 19.5 Å². The largest absolute Gasteiger partial charge is 0.421 e. The first-order valence-electron chi connectivity index (χ1n) is 12.0. The van der Waals surface area contributed by atoms with Crippen LogP contribution >= 0.6 is 0 Å². The second kappa shape index (κ2) is 9.89. The SMILES string of the molecule is Cc1ccnc(Oc2ccc(-c3c(-c4ccc(NC(=O)C(C)C)cc4)n(C)c4ncnc(N)c34)cc2F)n1. The number of hydrogen-bond donors (Lipinski definition) is 2. The molecule has 38 heavy (non-hydrogen) atoms. The number of anilines is 2.